The van der Waals surface area contributed by atoms with Gasteiger partial charge >= 0.3 is 0 Å². The normalized spacial score (nSPS) is 11.6. The first-order valence-electron chi connectivity index (χ1n) is 5.33. The van der Waals surface area contributed by atoms with Crippen LogP contribution >= 0.6 is 0 Å². The average molecular weight is 230 g/mol. The van der Waals surface area contributed by atoms with Gasteiger partial charge in [-0.2, -0.15) is 0 Å². The lowest BCUT2D eigenvalue weighted by molar-refractivity contribution is 0.318. The predicted octanol–water partition coefficient (Wildman–Crippen LogP) is 1.22. The molecule has 0 atom stereocenters. The van der Waals surface area contributed by atoms with Gasteiger partial charge in [-0.3, -0.25) is 4.98 Å². The second kappa shape index (κ2) is 5.16. The number of hydrogen-bond acceptors (Lipinski definition) is 3. The highest BCUT2D eigenvalue weighted by Crippen LogP contribution is 2.05. The number of amidine groups is 1. The number of pyridine rings is 1. The largest absolute Gasteiger partial charge is 0.409 e. The van der Waals surface area contributed by atoms with Crippen molar-refractivity contribution in [2.24, 2.45) is 10.9 Å². The van der Waals surface area contributed by atoms with Gasteiger partial charge in [0.15, 0.2) is 5.84 Å². The van der Waals surface area contributed by atoms with E-state index in [0.29, 0.717) is 0 Å². The highest BCUT2D eigenvalue weighted by molar-refractivity contribution is 5.95. The van der Waals surface area contributed by atoms with Crippen LogP contribution in [0.2, 0.25) is 0 Å². The van der Waals surface area contributed by atoms with Crippen LogP contribution in [0.5, 0.6) is 0 Å². The Kier molecular flexibility index (Phi) is 3.40. The number of hydrogen-bond donors (Lipinski definition) is 2. The third-order valence-electron chi connectivity index (χ3n) is 2.56. The van der Waals surface area contributed by atoms with Gasteiger partial charge in [-0.05, 0) is 30.2 Å². The van der Waals surface area contributed by atoms with E-state index in [1.165, 1.54) is 0 Å². The summed E-state index contributed by atoms with van der Waals surface area (Å²) in [5, 5.41) is 11.7. The summed E-state index contributed by atoms with van der Waals surface area (Å²) >= 11 is 0. The zero-order chi connectivity index (χ0) is 12.1. The number of oxime groups is 1. The molecule has 17 heavy (non-hydrogen) atoms. The summed E-state index contributed by atoms with van der Waals surface area (Å²) in [5.74, 6) is 0.126. The zero-order valence-corrected chi connectivity index (χ0v) is 9.32. The Labute approximate surface area is 99.2 Å². The number of nitrogens with two attached hydrogens (primary N) is 1. The highest BCUT2D eigenvalue weighted by atomic mass is 16.4. The monoisotopic (exact) mass is 230 g/mol. The first-order chi connectivity index (χ1) is 8.31. The number of nitrogens with zero attached hydrogens (tertiary/aromatic N) is 3. The van der Waals surface area contributed by atoms with Crippen LogP contribution in [0, 0.1) is 0 Å². The van der Waals surface area contributed by atoms with E-state index in [2.05, 4.69) is 10.1 Å². The Morgan fingerprint density at radius 1 is 1.41 bits per heavy atom. The average Bonchev–Trinajstić information content (AvgIpc) is 2.85. The zero-order valence-electron chi connectivity index (χ0n) is 9.32. The molecule has 0 unspecified atom stereocenters. The van der Waals surface area contributed by atoms with Crippen molar-refractivity contribution in [3.8, 4) is 0 Å². The van der Waals surface area contributed by atoms with Crippen LogP contribution in [0.4, 0.5) is 0 Å². The molecule has 0 saturated heterocycles. The molecule has 0 spiro atoms. The minimum Gasteiger partial charge on any atom is -0.409 e. The SMILES string of the molecule is N/C(=N/O)c1cccn1CCc1cccnc1. The third kappa shape index (κ3) is 2.63. The summed E-state index contributed by atoms with van der Waals surface area (Å²) in [4.78, 5) is 4.06. The van der Waals surface area contributed by atoms with Gasteiger partial charge in [-0.25, -0.2) is 0 Å². The minimum atomic E-state index is 0.126. The molecule has 88 valence electrons. The Balaban J connectivity index is 2.07. The molecule has 0 fully saturated rings. The summed E-state index contributed by atoms with van der Waals surface area (Å²) in [7, 11) is 0. The van der Waals surface area contributed by atoms with Crippen LogP contribution in [0.15, 0.2) is 48.0 Å². The van der Waals surface area contributed by atoms with Crippen LogP contribution in [-0.4, -0.2) is 20.6 Å². The fourth-order valence-electron chi connectivity index (χ4n) is 1.69. The van der Waals surface area contributed by atoms with E-state index in [9.17, 15) is 0 Å². The van der Waals surface area contributed by atoms with Crippen molar-refractivity contribution in [3.63, 3.8) is 0 Å². The van der Waals surface area contributed by atoms with Crippen molar-refractivity contribution in [2.75, 3.05) is 0 Å². The molecule has 2 heterocycles. The summed E-state index contributed by atoms with van der Waals surface area (Å²) in [6.07, 6.45) is 6.35. The van der Waals surface area contributed by atoms with Crippen molar-refractivity contribution in [1.82, 2.24) is 9.55 Å². The van der Waals surface area contributed by atoms with E-state index < -0.39 is 0 Å². The molecular weight excluding hydrogens is 216 g/mol. The highest BCUT2D eigenvalue weighted by Gasteiger charge is 2.05. The predicted molar refractivity (Wildman–Crippen MR) is 64.9 cm³/mol. The maximum absolute atomic E-state index is 8.66. The number of rotatable bonds is 4. The van der Waals surface area contributed by atoms with Crippen LogP contribution in [0.3, 0.4) is 0 Å². The molecule has 0 aromatic carbocycles. The van der Waals surface area contributed by atoms with Gasteiger partial charge in [-0.15, -0.1) is 0 Å². The fraction of sp³-hybridized carbons (Fsp3) is 0.167. The topological polar surface area (TPSA) is 76.4 Å². The lowest BCUT2D eigenvalue weighted by atomic mass is 10.2. The standard InChI is InChI=1S/C12H14N4O/c13-12(15-17)11-4-2-7-16(11)8-5-10-3-1-6-14-9-10/h1-4,6-7,9,17H,5,8H2,(H2,13,15). The molecule has 0 aliphatic carbocycles. The quantitative estimate of drug-likeness (QED) is 0.359. The molecule has 2 rings (SSSR count). The lowest BCUT2D eigenvalue weighted by Gasteiger charge is -2.07. The molecule has 2 aromatic rings. The first kappa shape index (κ1) is 11.2. The van der Waals surface area contributed by atoms with Gasteiger partial charge in [0.05, 0.1) is 5.69 Å². The smallest absolute Gasteiger partial charge is 0.186 e. The molecule has 0 aliphatic heterocycles. The molecular formula is C12H14N4O. The first-order valence-corrected chi connectivity index (χ1v) is 5.33. The second-order valence-electron chi connectivity index (χ2n) is 3.68. The van der Waals surface area contributed by atoms with Gasteiger partial charge < -0.3 is 15.5 Å². The fourth-order valence-corrected chi connectivity index (χ4v) is 1.69. The summed E-state index contributed by atoms with van der Waals surface area (Å²) in [6.45, 7) is 0.768. The van der Waals surface area contributed by atoms with Gasteiger partial charge in [0.25, 0.3) is 0 Å². The van der Waals surface area contributed by atoms with Crippen LogP contribution < -0.4 is 5.73 Å². The number of aromatic nitrogens is 2. The Hall–Kier alpha value is -2.30. The van der Waals surface area contributed by atoms with Gasteiger partial charge in [0.1, 0.15) is 0 Å². The molecule has 0 radical (unpaired) electrons. The molecule has 3 N–H and O–H groups in total. The van der Waals surface area contributed by atoms with Crippen LogP contribution in [0.1, 0.15) is 11.3 Å². The summed E-state index contributed by atoms with van der Waals surface area (Å²) < 4.78 is 1.95. The van der Waals surface area contributed by atoms with Crippen LogP contribution in [-0.2, 0) is 13.0 Å². The van der Waals surface area contributed by atoms with Gasteiger partial charge in [0, 0.05) is 25.1 Å². The minimum absolute atomic E-state index is 0.126. The van der Waals surface area contributed by atoms with E-state index in [4.69, 9.17) is 10.9 Å². The van der Waals surface area contributed by atoms with E-state index in [1.54, 1.807) is 6.20 Å². The molecule has 0 aliphatic rings. The molecule has 0 amide bonds. The molecule has 2 aromatic heterocycles. The van der Waals surface area contributed by atoms with Crippen molar-refractivity contribution < 1.29 is 5.21 Å². The van der Waals surface area contributed by atoms with Crippen molar-refractivity contribution >= 4 is 5.84 Å². The Morgan fingerprint density at radius 2 is 2.29 bits per heavy atom. The van der Waals surface area contributed by atoms with Gasteiger partial charge in [0.2, 0.25) is 0 Å². The molecule has 5 nitrogen and oxygen atoms in total. The van der Waals surface area contributed by atoms with E-state index in [1.807, 2.05) is 41.2 Å². The number of aryl methyl sites for hydroxylation is 2. The van der Waals surface area contributed by atoms with E-state index >= 15 is 0 Å². The van der Waals surface area contributed by atoms with E-state index in [0.717, 1.165) is 24.2 Å². The maximum Gasteiger partial charge on any atom is 0.186 e. The van der Waals surface area contributed by atoms with Crippen molar-refractivity contribution in [2.45, 2.75) is 13.0 Å². The molecule has 5 heteroatoms. The summed E-state index contributed by atoms with van der Waals surface area (Å²) in [5.41, 5.74) is 7.45. The van der Waals surface area contributed by atoms with E-state index in [-0.39, 0.29) is 5.84 Å². The third-order valence-corrected chi connectivity index (χ3v) is 2.56. The Bertz CT molecular complexity index is 504. The second-order valence-corrected chi connectivity index (χ2v) is 3.68. The lowest BCUT2D eigenvalue weighted by Crippen LogP contribution is -2.18. The van der Waals surface area contributed by atoms with Gasteiger partial charge in [-0.1, -0.05) is 11.2 Å². The summed E-state index contributed by atoms with van der Waals surface area (Å²) in [6, 6.07) is 7.63. The molecule has 0 saturated carbocycles. The molecule has 0 bridgehead atoms. The maximum atomic E-state index is 8.66. The van der Waals surface area contributed by atoms with Crippen LogP contribution in [0.25, 0.3) is 0 Å². The van der Waals surface area contributed by atoms with Crippen molar-refractivity contribution in [3.05, 3.63) is 54.1 Å². The van der Waals surface area contributed by atoms with Crippen molar-refractivity contribution in [1.29, 1.82) is 0 Å². The Morgan fingerprint density at radius 3 is 3.00 bits per heavy atom.